The van der Waals surface area contributed by atoms with Gasteiger partial charge in [0.05, 0.1) is 16.1 Å². The Morgan fingerprint density at radius 2 is 1.69 bits per heavy atom. The molecule has 0 aromatic heterocycles. The van der Waals surface area contributed by atoms with Gasteiger partial charge in [0.1, 0.15) is 0 Å². The molecule has 0 fully saturated rings. The Morgan fingerprint density at radius 1 is 1.04 bits per heavy atom. The monoisotopic (exact) mass is 386 g/mol. The Bertz CT molecular complexity index is 876. The third-order valence-corrected chi connectivity index (χ3v) is 5.42. The van der Waals surface area contributed by atoms with Gasteiger partial charge in [0, 0.05) is 18.8 Å². The second-order valence-corrected chi connectivity index (χ2v) is 7.49. The number of aryl methyl sites for hydroxylation is 1. The van der Waals surface area contributed by atoms with Gasteiger partial charge < -0.3 is 4.90 Å². The van der Waals surface area contributed by atoms with Crippen molar-refractivity contribution in [1.29, 1.82) is 0 Å². The molecule has 0 amide bonds. The number of nitrogens with one attached hydrogen (secondary N) is 1. The highest BCUT2D eigenvalue weighted by molar-refractivity contribution is 7.92. The number of alkyl halides is 3. The third-order valence-electron chi connectivity index (χ3n) is 4.05. The molecule has 0 unspecified atom stereocenters. The molecule has 2 rings (SSSR count). The summed E-state index contributed by atoms with van der Waals surface area (Å²) in [5.74, 6) is 0. The maximum absolute atomic E-state index is 12.8. The van der Waals surface area contributed by atoms with Crippen LogP contribution in [0.5, 0.6) is 0 Å². The topological polar surface area (TPSA) is 49.4 Å². The van der Waals surface area contributed by atoms with Crippen molar-refractivity contribution in [2.24, 2.45) is 0 Å². The predicted octanol–water partition coefficient (Wildman–Crippen LogP) is 4.66. The fourth-order valence-corrected chi connectivity index (χ4v) is 3.77. The summed E-state index contributed by atoms with van der Waals surface area (Å²) in [7, 11) is -4.13. The summed E-state index contributed by atoms with van der Waals surface area (Å²) in [5.41, 5.74) is 0.965. The molecule has 0 aliphatic heterocycles. The van der Waals surface area contributed by atoms with Gasteiger partial charge in [-0.25, -0.2) is 8.42 Å². The Balaban J connectivity index is 2.33. The van der Waals surface area contributed by atoms with Crippen LogP contribution in [-0.4, -0.2) is 21.5 Å². The summed E-state index contributed by atoms with van der Waals surface area (Å²) in [5, 5.41) is 0. The molecule has 142 valence electrons. The van der Waals surface area contributed by atoms with Crippen LogP contribution in [0.4, 0.5) is 24.5 Å². The van der Waals surface area contributed by atoms with Gasteiger partial charge in [0.15, 0.2) is 0 Å². The molecule has 0 atom stereocenters. The van der Waals surface area contributed by atoms with E-state index in [-0.39, 0.29) is 0 Å². The summed E-state index contributed by atoms with van der Waals surface area (Å²) in [6.45, 7) is 7.40. The lowest BCUT2D eigenvalue weighted by Crippen LogP contribution is -2.22. The lowest BCUT2D eigenvalue weighted by Gasteiger charge is -2.22. The number of hydrogen-bond donors (Lipinski definition) is 1. The highest BCUT2D eigenvalue weighted by atomic mass is 32.2. The molecule has 4 nitrogen and oxygen atoms in total. The van der Waals surface area contributed by atoms with E-state index >= 15 is 0 Å². The standard InChI is InChI=1S/C18H21F3N2O2S/c1-4-23(5-2)15-9-10-17(13(3)11-15)22-26(24,25)16-8-6-7-14(12-16)18(19,20)21/h6-12,22H,4-5H2,1-3H3. The Hall–Kier alpha value is -2.22. The van der Waals surface area contributed by atoms with E-state index in [1.807, 2.05) is 19.9 Å². The molecule has 0 radical (unpaired) electrons. The number of nitrogens with zero attached hydrogens (tertiary/aromatic N) is 1. The molecule has 0 aliphatic carbocycles. The van der Waals surface area contributed by atoms with Crippen LogP contribution in [0.15, 0.2) is 47.4 Å². The van der Waals surface area contributed by atoms with Crippen LogP contribution in [-0.2, 0) is 16.2 Å². The van der Waals surface area contributed by atoms with Gasteiger partial charge in [-0.15, -0.1) is 0 Å². The van der Waals surface area contributed by atoms with Crippen LogP contribution >= 0.6 is 0 Å². The lowest BCUT2D eigenvalue weighted by atomic mass is 10.1. The van der Waals surface area contributed by atoms with Crippen molar-refractivity contribution >= 4 is 21.4 Å². The second-order valence-electron chi connectivity index (χ2n) is 5.80. The first-order chi connectivity index (χ1) is 12.1. The van der Waals surface area contributed by atoms with E-state index in [0.29, 0.717) is 17.3 Å². The SMILES string of the molecule is CCN(CC)c1ccc(NS(=O)(=O)c2cccc(C(F)(F)F)c2)c(C)c1. The first kappa shape index (κ1) is 20.1. The molecule has 2 aromatic rings. The van der Waals surface area contributed by atoms with Crippen molar-refractivity contribution in [2.45, 2.75) is 31.8 Å². The molecule has 26 heavy (non-hydrogen) atoms. The lowest BCUT2D eigenvalue weighted by molar-refractivity contribution is -0.137. The molecule has 0 saturated heterocycles. The number of hydrogen-bond acceptors (Lipinski definition) is 3. The molecule has 0 saturated carbocycles. The highest BCUT2D eigenvalue weighted by Crippen LogP contribution is 2.31. The van der Waals surface area contributed by atoms with E-state index in [9.17, 15) is 21.6 Å². The molecule has 8 heteroatoms. The van der Waals surface area contributed by atoms with E-state index in [1.165, 1.54) is 0 Å². The molecule has 0 bridgehead atoms. The van der Waals surface area contributed by atoms with E-state index in [2.05, 4.69) is 9.62 Å². The fourth-order valence-electron chi connectivity index (χ4n) is 2.59. The van der Waals surface area contributed by atoms with Crippen molar-refractivity contribution < 1.29 is 21.6 Å². The van der Waals surface area contributed by atoms with Gasteiger partial charge in [-0.1, -0.05) is 6.07 Å². The second kappa shape index (κ2) is 7.57. The van der Waals surface area contributed by atoms with Crippen LogP contribution < -0.4 is 9.62 Å². The van der Waals surface area contributed by atoms with Gasteiger partial charge in [-0.3, -0.25) is 4.72 Å². The Kier molecular flexibility index (Phi) is 5.85. The minimum Gasteiger partial charge on any atom is -0.372 e. The zero-order valence-electron chi connectivity index (χ0n) is 14.8. The van der Waals surface area contributed by atoms with Crippen molar-refractivity contribution in [1.82, 2.24) is 0 Å². The van der Waals surface area contributed by atoms with E-state index < -0.39 is 26.7 Å². The van der Waals surface area contributed by atoms with Gasteiger partial charge in [-0.2, -0.15) is 13.2 Å². The van der Waals surface area contributed by atoms with Crippen LogP contribution in [0.3, 0.4) is 0 Å². The summed E-state index contributed by atoms with van der Waals surface area (Å²) < 4.78 is 65.8. The predicted molar refractivity (Wildman–Crippen MR) is 97.0 cm³/mol. The number of rotatable bonds is 6. The summed E-state index contributed by atoms with van der Waals surface area (Å²) in [6, 6.07) is 8.92. The highest BCUT2D eigenvalue weighted by Gasteiger charge is 2.31. The van der Waals surface area contributed by atoms with Crippen LogP contribution in [0.25, 0.3) is 0 Å². The van der Waals surface area contributed by atoms with E-state index in [4.69, 9.17) is 0 Å². The van der Waals surface area contributed by atoms with Gasteiger partial charge in [0.2, 0.25) is 0 Å². The van der Waals surface area contributed by atoms with Crippen LogP contribution in [0.2, 0.25) is 0 Å². The first-order valence-corrected chi connectivity index (χ1v) is 9.62. The number of anilines is 2. The van der Waals surface area contributed by atoms with Crippen LogP contribution in [0.1, 0.15) is 25.0 Å². The Labute approximate surface area is 151 Å². The first-order valence-electron chi connectivity index (χ1n) is 8.14. The molecular weight excluding hydrogens is 365 g/mol. The minimum absolute atomic E-state index is 0.332. The van der Waals surface area contributed by atoms with Gasteiger partial charge in [-0.05, 0) is 62.7 Å². The van der Waals surface area contributed by atoms with Crippen molar-refractivity contribution in [2.75, 3.05) is 22.7 Å². The zero-order chi connectivity index (χ0) is 19.5. The third kappa shape index (κ3) is 4.49. The largest absolute Gasteiger partial charge is 0.416 e. The summed E-state index contributed by atoms with van der Waals surface area (Å²) in [6.07, 6.45) is -4.60. The smallest absolute Gasteiger partial charge is 0.372 e. The summed E-state index contributed by atoms with van der Waals surface area (Å²) in [4.78, 5) is 1.68. The summed E-state index contributed by atoms with van der Waals surface area (Å²) >= 11 is 0. The van der Waals surface area contributed by atoms with Crippen molar-refractivity contribution in [3.63, 3.8) is 0 Å². The maximum atomic E-state index is 12.8. The van der Waals surface area contributed by atoms with Gasteiger partial charge >= 0.3 is 6.18 Å². The molecular formula is C18H21F3N2O2S. The fraction of sp³-hybridized carbons (Fsp3) is 0.333. The average molecular weight is 386 g/mol. The maximum Gasteiger partial charge on any atom is 0.416 e. The number of halogens is 3. The number of benzene rings is 2. The normalized spacial score (nSPS) is 12.1. The van der Waals surface area contributed by atoms with Crippen molar-refractivity contribution in [3.05, 3.63) is 53.6 Å². The van der Waals surface area contributed by atoms with Gasteiger partial charge in [0.25, 0.3) is 10.0 Å². The van der Waals surface area contributed by atoms with Crippen LogP contribution in [0, 0.1) is 6.92 Å². The molecule has 1 N–H and O–H groups in total. The molecule has 0 heterocycles. The molecule has 0 aliphatic rings. The molecule has 2 aromatic carbocycles. The Morgan fingerprint density at radius 3 is 2.23 bits per heavy atom. The van der Waals surface area contributed by atoms with E-state index in [0.717, 1.165) is 37.0 Å². The molecule has 0 spiro atoms. The quantitative estimate of drug-likeness (QED) is 0.786. The minimum atomic E-state index is -4.60. The van der Waals surface area contributed by atoms with Crippen molar-refractivity contribution in [3.8, 4) is 0 Å². The zero-order valence-corrected chi connectivity index (χ0v) is 15.6. The number of sulfonamides is 1. The average Bonchev–Trinajstić information content (AvgIpc) is 2.57. The van der Waals surface area contributed by atoms with E-state index in [1.54, 1.807) is 19.1 Å².